The van der Waals surface area contributed by atoms with E-state index in [1.54, 1.807) is 0 Å². The zero-order valence-electron chi connectivity index (χ0n) is 9.95. The molecule has 0 radical (unpaired) electrons. The van der Waals surface area contributed by atoms with Gasteiger partial charge in [-0.05, 0) is 43.9 Å². The van der Waals surface area contributed by atoms with Crippen molar-refractivity contribution in [3.05, 3.63) is 12.2 Å². The first-order valence-corrected chi connectivity index (χ1v) is 6.54. The summed E-state index contributed by atoms with van der Waals surface area (Å²) in [7, 11) is 0. The number of guanidine groups is 1. The van der Waals surface area contributed by atoms with Crippen LogP contribution in [0.15, 0.2) is 17.1 Å². The van der Waals surface area contributed by atoms with Gasteiger partial charge in [0.25, 0.3) is 0 Å². The first kappa shape index (κ1) is 10.2. The number of nitrogens with zero attached hydrogens (tertiary/aromatic N) is 1. The quantitative estimate of drug-likeness (QED) is 0.691. The number of hydrogen-bond donors (Lipinski definition) is 2. The van der Waals surface area contributed by atoms with Crippen LogP contribution < -0.4 is 10.6 Å². The minimum atomic E-state index is 0.505. The van der Waals surface area contributed by atoms with Gasteiger partial charge in [0.05, 0.1) is 6.54 Å². The number of allylic oxidation sites excluding steroid dienone is 2. The summed E-state index contributed by atoms with van der Waals surface area (Å²) in [6, 6.07) is 0.505. The van der Waals surface area contributed by atoms with Crippen molar-refractivity contribution in [3.63, 3.8) is 0 Å². The van der Waals surface area contributed by atoms with E-state index in [9.17, 15) is 0 Å². The fourth-order valence-corrected chi connectivity index (χ4v) is 3.17. The predicted octanol–water partition coefficient (Wildman–Crippen LogP) is 1.53. The maximum absolute atomic E-state index is 4.44. The first-order valence-electron chi connectivity index (χ1n) is 6.54. The monoisotopic (exact) mass is 219 g/mol. The molecule has 0 aromatic heterocycles. The molecule has 1 saturated carbocycles. The lowest BCUT2D eigenvalue weighted by atomic mass is 9.69. The van der Waals surface area contributed by atoms with Crippen molar-refractivity contribution in [2.45, 2.75) is 32.2 Å². The molecule has 1 fully saturated rings. The average Bonchev–Trinajstić information content (AvgIpc) is 2.74. The second-order valence-electron chi connectivity index (χ2n) is 5.50. The van der Waals surface area contributed by atoms with Gasteiger partial charge in [-0.15, -0.1) is 0 Å². The van der Waals surface area contributed by atoms with Crippen molar-refractivity contribution in [3.8, 4) is 0 Å². The lowest BCUT2D eigenvalue weighted by molar-refractivity contribution is 0.221. The van der Waals surface area contributed by atoms with Crippen LogP contribution in [0.2, 0.25) is 0 Å². The molecule has 3 heteroatoms. The van der Waals surface area contributed by atoms with Gasteiger partial charge in [-0.3, -0.25) is 4.99 Å². The summed E-state index contributed by atoms with van der Waals surface area (Å²) in [6.45, 7) is 4.17. The van der Waals surface area contributed by atoms with Gasteiger partial charge in [-0.2, -0.15) is 0 Å². The van der Waals surface area contributed by atoms with Crippen molar-refractivity contribution in [2.75, 3.05) is 13.1 Å². The van der Waals surface area contributed by atoms with Crippen LogP contribution in [0.3, 0.4) is 0 Å². The van der Waals surface area contributed by atoms with Gasteiger partial charge in [-0.25, -0.2) is 0 Å². The van der Waals surface area contributed by atoms with E-state index >= 15 is 0 Å². The summed E-state index contributed by atoms with van der Waals surface area (Å²) in [5, 5.41) is 6.83. The van der Waals surface area contributed by atoms with Crippen LogP contribution in [0.5, 0.6) is 0 Å². The summed E-state index contributed by atoms with van der Waals surface area (Å²) in [4.78, 5) is 4.44. The Balaban J connectivity index is 1.51. The molecule has 1 heterocycles. The highest BCUT2D eigenvalue weighted by atomic mass is 15.2. The normalized spacial score (nSPS) is 40.7. The largest absolute Gasteiger partial charge is 0.356 e. The Kier molecular flexibility index (Phi) is 2.62. The Hall–Kier alpha value is -0.990. The molecule has 0 saturated heterocycles. The topological polar surface area (TPSA) is 36.4 Å². The van der Waals surface area contributed by atoms with E-state index in [2.05, 4.69) is 34.7 Å². The van der Waals surface area contributed by atoms with E-state index in [-0.39, 0.29) is 0 Å². The Morgan fingerprint density at radius 3 is 2.94 bits per heavy atom. The van der Waals surface area contributed by atoms with Gasteiger partial charge in [-0.1, -0.05) is 12.2 Å². The molecular weight excluding hydrogens is 198 g/mol. The van der Waals surface area contributed by atoms with E-state index in [0.717, 1.165) is 36.8 Å². The van der Waals surface area contributed by atoms with Gasteiger partial charge >= 0.3 is 0 Å². The molecular formula is C13H21N3. The van der Waals surface area contributed by atoms with Crippen LogP contribution in [0.25, 0.3) is 0 Å². The molecule has 0 amide bonds. The maximum Gasteiger partial charge on any atom is 0.191 e. The maximum atomic E-state index is 4.44. The summed E-state index contributed by atoms with van der Waals surface area (Å²) in [6.07, 6.45) is 9.04. The van der Waals surface area contributed by atoms with Crippen molar-refractivity contribution < 1.29 is 0 Å². The summed E-state index contributed by atoms with van der Waals surface area (Å²) >= 11 is 0. The zero-order chi connectivity index (χ0) is 11.0. The van der Waals surface area contributed by atoms with Gasteiger partial charge in [0.1, 0.15) is 0 Å². The third-order valence-electron chi connectivity index (χ3n) is 4.15. The molecule has 16 heavy (non-hydrogen) atoms. The Morgan fingerprint density at radius 2 is 2.38 bits per heavy atom. The van der Waals surface area contributed by atoms with E-state index < -0.39 is 0 Å². The smallest absolute Gasteiger partial charge is 0.191 e. The van der Waals surface area contributed by atoms with E-state index in [4.69, 9.17) is 0 Å². The molecule has 0 spiro atoms. The predicted molar refractivity (Wildman–Crippen MR) is 66.4 cm³/mol. The van der Waals surface area contributed by atoms with Crippen LogP contribution in [0.1, 0.15) is 26.2 Å². The molecule has 1 aliphatic heterocycles. The second-order valence-corrected chi connectivity index (χ2v) is 5.50. The molecule has 4 atom stereocenters. The van der Waals surface area contributed by atoms with Gasteiger partial charge in [0.15, 0.2) is 5.96 Å². The lowest BCUT2D eigenvalue weighted by Gasteiger charge is -2.38. The van der Waals surface area contributed by atoms with Crippen molar-refractivity contribution in [1.82, 2.24) is 10.6 Å². The molecule has 4 rings (SSSR count). The van der Waals surface area contributed by atoms with Crippen LogP contribution in [0, 0.1) is 17.8 Å². The van der Waals surface area contributed by atoms with Crippen molar-refractivity contribution in [2.24, 2.45) is 22.7 Å². The molecule has 0 aromatic carbocycles. The third kappa shape index (κ3) is 1.95. The Bertz CT molecular complexity index is 321. The van der Waals surface area contributed by atoms with E-state index in [0.29, 0.717) is 6.04 Å². The lowest BCUT2D eigenvalue weighted by Crippen LogP contribution is -2.42. The van der Waals surface area contributed by atoms with Gasteiger partial charge < -0.3 is 10.6 Å². The Morgan fingerprint density at radius 1 is 1.44 bits per heavy atom. The molecule has 4 unspecified atom stereocenters. The number of aliphatic imine (C=N–C) groups is 1. The standard InChI is InChI=1S/C13H21N3/c1-9-7-14-13(16-9)15-8-12-6-10-2-4-11(12)5-3-10/h2,4,9-12H,3,5-8H2,1H3,(H2,14,15,16). The highest BCUT2D eigenvalue weighted by molar-refractivity contribution is 5.81. The van der Waals surface area contributed by atoms with Crippen molar-refractivity contribution >= 4 is 5.96 Å². The number of nitrogens with one attached hydrogen (secondary N) is 2. The summed E-state index contributed by atoms with van der Waals surface area (Å²) in [5.74, 6) is 3.51. The number of fused-ring (bicyclic) bond motifs is 2. The van der Waals surface area contributed by atoms with Crippen LogP contribution in [-0.2, 0) is 0 Å². The average molecular weight is 219 g/mol. The molecule has 0 aromatic rings. The minimum Gasteiger partial charge on any atom is -0.356 e. The second kappa shape index (κ2) is 4.11. The number of rotatable bonds is 2. The minimum absolute atomic E-state index is 0.505. The van der Waals surface area contributed by atoms with Crippen molar-refractivity contribution in [1.29, 1.82) is 0 Å². The van der Waals surface area contributed by atoms with Crippen LogP contribution in [-0.4, -0.2) is 25.1 Å². The highest BCUT2D eigenvalue weighted by Crippen LogP contribution is 2.39. The molecule has 3 nitrogen and oxygen atoms in total. The molecule has 2 bridgehead atoms. The molecule has 2 N–H and O–H groups in total. The summed E-state index contributed by atoms with van der Waals surface area (Å²) < 4.78 is 0. The molecule has 3 aliphatic carbocycles. The number of hydrogen-bond acceptors (Lipinski definition) is 3. The van der Waals surface area contributed by atoms with Crippen LogP contribution >= 0.6 is 0 Å². The third-order valence-corrected chi connectivity index (χ3v) is 4.15. The first-order chi connectivity index (χ1) is 7.81. The SMILES string of the molecule is CC1CN=C(NCC2CC3C=CC2CC3)N1. The Labute approximate surface area is 97.4 Å². The van der Waals surface area contributed by atoms with Gasteiger partial charge in [0, 0.05) is 12.6 Å². The highest BCUT2D eigenvalue weighted by Gasteiger charge is 2.31. The fraction of sp³-hybridized carbons (Fsp3) is 0.769. The van der Waals surface area contributed by atoms with Crippen LogP contribution in [0.4, 0.5) is 0 Å². The van der Waals surface area contributed by atoms with E-state index in [1.165, 1.54) is 19.3 Å². The summed E-state index contributed by atoms with van der Waals surface area (Å²) in [5.41, 5.74) is 0. The molecule has 4 aliphatic rings. The van der Waals surface area contributed by atoms with Gasteiger partial charge in [0.2, 0.25) is 0 Å². The fourth-order valence-electron chi connectivity index (χ4n) is 3.17. The zero-order valence-corrected chi connectivity index (χ0v) is 9.95. The molecule has 88 valence electrons. The van der Waals surface area contributed by atoms with E-state index in [1.807, 2.05) is 0 Å².